The molecular weight excluding hydrogens is 359 g/mol. The Hall–Kier alpha value is -0.550. The second kappa shape index (κ2) is 21.5. The maximum absolute atomic E-state index is 8.88. The lowest BCUT2D eigenvalue weighted by Crippen LogP contribution is -2.00. The van der Waals surface area contributed by atoms with Crippen LogP contribution in [0.1, 0.15) is 71.1 Å². The van der Waals surface area contributed by atoms with E-state index in [0.717, 1.165) is 19.1 Å². The summed E-state index contributed by atoms with van der Waals surface area (Å²) in [7, 11) is -4.64. The van der Waals surface area contributed by atoms with E-state index in [1.807, 2.05) is 0 Å². The first kappa shape index (κ1) is 26.7. The normalized spacial score (nSPS) is 10.9. The Morgan fingerprint density at radius 3 is 1.72 bits per heavy atom. The van der Waals surface area contributed by atoms with Crippen molar-refractivity contribution in [1.29, 1.82) is 0 Å². The highest BCUT2D eigenvalue weighted by Gasteiger charge is 2.00. The fourth-order valence-electron chi connectivity index (χ4n) is 1.77. The molecule has 11 heteroatoms. The van der Waals surface area contributed by atoms with E-state index in [1.165, 1.54) is 51.4 Å². The number of phosphoric acid groups is 1. The highest BCUT2D eigenvalue weighted by atomic mass is 31.2. The van der Waals surface area contributed by atoms with Gasteiger partial charge in [0.1, 0.15) is 6.26 Å². The molecule has 0 rings (SSSR count). The van der Waals surface area contributed by atoms with Crippen molar-refractivity contribution in [3.05, 3.63) is 12.8 Å². The van der Waals surface area contributed by atoms with Crippen LogP contribution in [0.5, 0.6) is 0 Å². The summed E-state index contributed by atoms with van der Waals surface area (Å²) >= 11 is 0. The predicted octanol–water partition coefficient (Wildman–Crippen LogP) is 3.80. The number of rotatable bonds is 17. The van der Waals surface area contributed by atoms with Crippen LogP contribution < -0.4 is 0 Å². The molecule has 0 spiro atoms. The molecule has 0 aliphatic heterocycles. The zero-order valence-corrected chi connectivity index (χ0v) is 15.6. The van der Waals surface area contributed by atoms with Crippen LogP contribution in [0.2, 0.25) is 0 Å². The fraction of sp³-hybridized carbons (Fsp3) is 0.857. The van der Waals surface area contributed by atoms with Gasteiger partial charge in [-0.3, -0.25) is 0 Å². The van der Waals surface area contributed by atoms with Gasteiger partial charge in [-0.2, -0.15) is 0 Å². The van der Waals surface area contributed by atoms with Crippen LogP contribution in [0.15, 0.2) is 12.8 Å². The Morgan fingerprint density at radius 1 is 0.800 bits per heavy atom. The first-order valence-electron chi connectivity index (χ1n) is 8.26. The number of unbranched alkanes of at least 4 members (excludes halogenated alkanes) is 9. The lowest BCUT2D eigenvalue weighted by Gasteiger charge is -2.02. The predicted molar refractivity (Wildman–Crippen MR) is 87.7 cm³/mol. The maximum Gasteiger partial charge on any atom is 0.466 e. The SMILES string of the molecule is C=COOOOOOCCCCCCCCCCCC.O=P(O)(O)O. The van der Waals surface area contributed by atoms with Crippen molar-refractivity contribution in [3.8, 4) is 0 Å². The largest absolute Gasteiger partial charge is 0.466 e. The molecule has 0 bridgehead atoms. The van der Waals surface area contributed by atoms with Crippen molar-refractivity contribution >= 4 is 7.82 Å². The van der Waals surface area contributed by atoms with Gasteiger partial charge < -0.3 is 19.6 Å². The van der Waals surface area contributed by atoms with E-state index in [-0.39, 0.29) is 0 Å². The minimum atomic E-state index is -4.64. The molecule has 0 aliphatic rings. The summed E-state index contributed by atoms with van der Waals surface area (Å²) < 4.78 is 8.88. The first-order chi connectivity index (χ1) is 11.9. The van der Waals surface area contributed by atoms with Crippen LogP contribution in [-0.2, 0) is 34.5 Å². The van der Waals surface area contributed by atoms with E-state index < -0.39 is 7.82 Å². The molecule has 0 unspecified atom stereocenters. The molecule has 0 amide bonds. The average Bonchev–Trinajstić information content (AvgIpc) is 2.53. The van der Waals surface area contributed by atoms with Gasteiger partial charge in [-0.25, -0.2) is 9.45 Å². The minimum absolute atomic E-state index is 0.447. The molecule has 0 radical (unpaired) electrons. The number of hydrogen-bond donors (Lipinski definition) is 3. The van der Waals surface area contributed by atoms with Gasteiger partial charge >= 0.3 is 7.82 Å². The van der Waals surface area contributed by atoms with Crippen molar-refractivity contribution in [2.75, 3.05) is 6.61 Å². The Balaban J connectivity index is 0. The van der Waals surface area contributed by atoms with Gasteiger partial charge in [0.2, 0.25) is 0 Å². The highest BCUT2D eigenvalue weighted by Crippen LogP contribution is 2.25. The van der Waals surface area contributed by atoms with Crippen LogP contribution in [-0.4, -0.2) is 21.3 Å². The third-order valence-corrected chi connectivity index (χ3v) is 2.82. The molecular formula is C14H31O10P. The zero-order valence-electron chi connectivity index (χ0n) is 14.7. The van der Waals surface area contributed by atoms with Crippen LogP contribution in [0.25, 0.3) is 0 Å². The van der Waals surface area contributed by atoms with Crippen molar-refractivity contribution in [3.63, 3.8) is 0 Å². The van der Waals surface area contributed by atoms with Crippen molar-refractivity contribution < 1.29 is 49.2 Å². The molecule has 152 valence electrons. The molecule has 0 aromatic rings. The summed E-state index contributed by atoms with van der Waals surface area (Å²) in [5, 5.41) is 16.1. The van der Waals surface area contributed by atoms with E-state index >= 15 is 0 Å². The summed E-state index contributed by atoms with van der Waals surface area (Å²) in [4.78, 5) is 30.4. The Morgan fingerprint density at radius 2 is 1.24 bits per heavy atom. The lowest BCUT2D eigenvalue weighted by atomic mass is 10.1. The third kappa shape index (κ3) is 39.9. The highest BCUT2D eigenvalue weighted by molar-refractivity contribution is 7.45. The molecule has 0 aromatic heterocycles. The van der Waals surface area contributed by atoms with Gasteiger partial charge in [0.05, 0.1) is 6.61 Å². The average molecular weight is 390 g/mol. The fourth-order valence-corrected chi connectivity index (χ4v) is 1.77. The van der Waals surface area contributed by atoms with E-state index in [1.54, 1.807) is 0 Å². The van der Waals surface area contributed by atoms with Crippen LogP contribution in [0, 0.1) is 0 Å². The summed E-state index contributed by atoms with van der Waals surface area (Å²) in [5.41, 5.74) is 0. The Labute approximate surface area is 148 Å². The molecule has 0 saturated carbocycles. The molecule has 0 saturated heterocycles. The van der Waals surface area contributed by atoms with Crippen molar-refractivity contribution in [2.24, 2.45) is 0 Å². The molecule has 0 aliphatic carbocycles. The topological polar surface area (TPSA) is 133 Å². The molecule has 0 fully saturated rings. The van der Waals surface area contributed by atoms with Crippen molar-refractivity contribution in [2.45, 2.75) is 71.1 Å². The summed E-state index contributed by atoms with van der Waals surface area (Å²) in [6, 6.07) is 0. The van der Waals surface area contributed by atoms with Crippen LogP contribution in [0.4, 0.5) is 0 Å². The van der Waals surface area contributed by atoms with Crippen LogP contribution in [0.3, 0.4) is 0 Å². The minimum Gasteiger partial charge on any atom is -0.315 e. The van der Waals surface area contributed by atoms with Crippen LogP contribution >= 0.6 is 7.82 Å². The molecule has 25 heavy (non-hydrogen) atoms. The van der Waals surface area contributed by atoms with Gasteiger partial charge in [0.15, 0.2) is 0 Å². The first-order valence-corrected chi connectivity index (χ1v) is 9.82. The van der Waals surface area contributed by atoms with Gasteiger partial charge in [0, 0.05) is 10.1 Å². The number of hydrogen-bond acceptors (Lipinski definition) is 7. The van der Waals surface area contributed by atoms with E-state index in [0.29, 0.717) is 6.61 Å². The van der Waals surface area contributed by atoms with E-state index in [2.05, 4.69) is 43.4 Å². The maximum atomic E-state index is 8.88. The molecule has 3 N–H and O–H groups in total. The van der Waals surface area contributed by atoms with Gasteiger partial charge in [-0.05, 0) is 16.5 Å². The molecule has 0 aromatic carbocycles. The smallest absolute Gasteiger partial charge is 0.315 e. The summed E-state index contributed by atoms with van der Waals surface area (Å²) in [6.45, 7) is 5.90. The monoisotopic (exact) mass is 390 g/mol. The second-order valence-corrected chi connectivity index (χ2v) is 6.08. The standard InChI is InChI=1S/C14H28O6.H3O4P/c1-3-5-6-7-8-9-10-11-12-13-14-16-18-20-19-17-15-4-2;1-5(2,3)4/h4H,2-3,5-14H2,1H3;(H3,1,2,3,4). The Kier molecular flexibility index (Phi) is 22.9. The van der Waals surface area contributed by atoms with Gasteiger partial charge in [-0.1, -0.05) is 71.3 Å². The molecule has 0 heterocycles. The summed E-state index contributed by atoms with van der Waals surface area (Å²) in [6.07, 6.45) is 13.7. The second-order valence-electron chi connectivity index (χ2n) is 5.05. The summed E-state index contributed by atoms with van der Waals surface area (Å²) in [5.74, 6) is 0. The Bertz CT molecular complexity index is 302. The van der Waals surface area contributed by atoms with Gasteiger partial charge in [0.25, 0.3) is 0 Å². The van der Waals surface area contributed by atoms with E-state index in [4.69, 9.17) is 19.2 Å². The quantitative estimate of drug-likeness (QED) is 0.111. The van der Waals surface area contributed by atoms with Crippen molar-refractivity contribution in [1.82, 2.24) is 0 Å². The molecule has 0 atom stereocenters. The van der Waals surface area contributed by atoms with E-state index in [9.17, 15) is 0 Å². The lowest BCUT2D eigenvalue weighted by molar-refractivity contribution is -0.751. The molecule has 10 nitrogen and oxygen atoms in total. The third-order valence-electron chi connectivity index (χ3n) is 2.82. The van der Waals surface area contributed by atoms with Gasteiger partial charge in [-0.15, -0.1) is 0 Å². The zero-order chi connectivity index (χ0) is 19.2.